The van der Waals surface area contributed by atoms with Crippen LogP contribution >= 0.6 is 11.3 Å². The Kier molecular flexibility index (Phi) is 7.11. The molecule has 154 valence electrons. The molecule has 0 spiro atoms. The van der Waals surface area contributed by atoms with Crippen LogP contribution in [0.2, 0.25) is 0 Å². The van der Waals surface area contributed by atoms with Gasteiger partial charge < -0.3 is 5.32 Å². The summed E-state index contributed by atoms with van der Waals surface area (Å²) < 4.78 is 14.1. The Morgan fingerprint density at radius 3 is 2.76 bits per heavy atom. The molecule has 1 aliphatic carbocycles. The molecule has 3 rings (SSSR count). The molecule has 1 N–H and O–H groups in total. The normalized spacial score (nSPS) is 13.8. The van der Waals surface area contributed by atoms with E-state index in [0.717, 1.165) is 13.1 Å². The predicted octanol–water partition coefficient (Wildman–Crippen LogP) is 3.58. The van der Waals surface area contributed by atoms with Crippen LogP contribution < -0.4 is 10.2 Å². The Labute approximate surface area is 174 Å². The Balaban J connectivity index is 1.59. The second-order valence-corrected chi connectivity index (χ2v) is 7.68. The van der Waals surface area contributed by atoms with Crippen molar-refractivity contribution in [2.45, 2.75) is 32.7 Å². The van der Waals surface area contributed by atoms with Gasteiger partial charge in [-0.2, -0.15) is 0 Å². The third kappa shape index (κ3) is 5.71. The second kappa shape index (κ2) is 9.76. The minimum atomic E-state index is -0.498. The summed E-state index contributed by atoms with van der Waals surface area (Å²) in [6.07, 6.45) is 5.51. The number of hydrogen-bond acceptors (Lipinski definition) is 5. The van der Waals surface area contributed by atoms with Gasteiger partial charge in [0.25, 0.3) is 0 Å². The Morgan fingerprint density at radius 2 is 2.10 bits per heavy atom. The number of carbonyl (C=O) groups is 2. The van der Waals surface area contributed by atoms with Crippen LogP contribution in [0, 0.1) is 5.82 Å². The van der Waals surface area contributed by atoms with Crippen molar-refractivity contribution in [3.63, 3.8) is 0 Å². The lowest BCUT2D eigenvalue weighted by Gasteiger charge is -2.19. The molecule has 1 aliphatic rings. The number of thiazole rings is 1. The maximum absolute atomic E-state index is 14.1. The third-order valence-corrected chi connectivity index (χ3v) is 5.53. The van der Waals surface area contributed by atoms with Crippen LogP contribution in [-0.4, -0.2) is 47.4 Å². The van der Waals surface area contributed by atoms with Crippen molar-refractivity contribution in [2.75, 3.05) is 24.5 Å². The van der Waals surface area contributed by atoms with Crippen molar-refractivity contribution in [1.82, 2.24) is 15.2 Å². The molecule has 0 atom stereocenters. The Morgan fingerprint density at radius 1 is 1.34 bits per heavy atom. The standard InChI is InChI=1S/C21H25FN4O2S/c1-3-25(17-9-10-17)13-12-23-20(28)11-8-16-14-29-21(24-16)26(15(2)27)19-7-5-4-6-18(19)22/h4-8,11,14,17H,3,9-10,12-13H2,1-2H3,(H,23,28)/b11-8+. The fraction of sp³-hybridized carbons (Fsp3) is 0.381. The summed E-state index contributed by atoms with van der Waals surface area (Å²) in [5, 5.41) is 4.95. The van der Waals surface area contributed by atoms with E-state index in [1.165, 1.54) is 54.2 Å². The molecular formula is C21H25FN4O2S. The van der Waals surface area contributed by atoms with Crippen molar-refractivity contribution >= 4 is 40.0 Å². The van der Waals surface area contributed by atoms with E-state index < -0.39 is 5.82 Å². The monoisotopic (exact) mass is 416 g/mol. The van der Waals surface area contributed by atoms with Gasteiger partial charge in [-0.05, 0) is 37.6 Å². The van der Waals surface area contributed by atoms with Crippen LogP contribution in [0.5, 0.6) is 0 Å². The molecule has 8 heteroatoms. The SMILES string of the molecule is CCN(CCNC(=O)/C=C/c1csc(N(C(C)=O)c2ccccc2F)n1)C1CC1. The number of para-hydroxylation sites is 1. The quantitative estimate of drug-likeness (QED) is 0.635. The van der Waals surface area contributed by atoms with E-state index >= 15 is 0 Å². The van der Waals surface area contributed by atoms with Gasteiger partial charge in [-0.25, -0.2) is 9.37 Å². The average molecular weight is 417 g/mol. The molecule has 1 fully saturated rings. The zero-order valence-corrected chi connectivity index (χ0v) is 17.4. The molecule has 1 aromatic heterocycles. The van der Waals surface area contributed by atoms with Crippen molar-refractivity contribution < 1.29 is 14.0 Å². The van der Waals surface area contributed by atoms with Crippen molar-refractivity contribution in [3.05, 3.63) is 47.2 Å². The molecule has 6 nitrogen and oxygen atoms in total. The highest BCUT2D eigenvalue weighted by molar-refractivity contribution is 7.14. The number of nitrogens with zero attached hydrogens (tertiary/aromatic N) is 3. The number of nitrogens with one attached hydrogen (secondary N) is 1. The molecule has 1 heterocycles. The zero-order chi connectivity index (χ0) is 20.8. The van der Waals surface area contributed by atoms with Gasteiger partial charge in [0.2, 0.25) is 11.8 Å². The largest absolute Gasteiger partial charge is 0.351 e. The molecule has 2 aromatic rings. The average Bonchev–Trinajstić information content (AvgIpc) is 3.43. The van der Waals surface area contributed by atoms with Crippen LogP contribution in [0.1, 0.15) is 32.4 Å². The lowest BCUT2D eigenvalue weighted by molar-refractivity contribution is -0.117. The smallest absolute Gasteiger partial charge is 0.244 e. The fourth-order valence-electron chi connectivity index (χ4n) is 3.08. The molecular weight excluding hydrogens is 391 g/mol. The number of likely N-dealkylation sites (N-methyl/N-ethyl adjacent to an activating group) is 1. The first kappa shape index (κ1) is 21.1. The summed E-state index contributed by atoms with van der Waals surface area (Å²) in [7, 11) is 0. The molecule has 29 heavy (non-hydrogen) atoms. The molecule has 0 saturated heterocycles. The predicted molar refractivity (Wildman–Crippen MR) is 114 cm³/mol. The lowest BCUT2D eigenvalue weighted by Crippen LogP contribution is -2.35. The number of rotatable bonds is 9. The number of anilines is 2. The summed E-state index contributed by atoms with van der Waals surface area (Å²) in [6.45, 7) is 5.93. The van der Waals surface area contributed by atoms with Crippen molar-refractivity contribution in [2.24, 2.45) is 0 Å². The molecule has 0 bridgehead atoms. The first-order valence-corrected chi connectivity index (χ1v) is 10.6. The van der Waals surface area contributed by atoms with E-state index in [1.54, 1.807) is 23.6 Å². The van der Waals surface area contributed by atoms with Gasteiger partial charge in [-0.1, -0.05) is 19.1 Å². The van der Waals surface area contributed by atoms with E-state index in [4.69, 9.17) is 0 Å². The number of hydrogen-bond donors (Lipinski definition) is 1. The van der Waals surface area contributed by atoms with Crippen LogP contribution in [-0.2, 0) is 9.59 Å². The number of amides is 2. The Bertz CT molecular complexity index is 894. The summed E-state index contributed by atoms with van der Waals surface area (Å²) in [6, 6.07) is 6.74. The summed E-state index contributed by atoms with van der Waals surface area (Å²) >= 11 is 1.21. The van der Waals surface area contributed by atoms with Gasteiger partial charge in [-0.15, -0.1) is 11.3 Å². The van der Waals surface area contributed by atoms with Gasteiger partial charge in [0.05, 0.1) is 11.4 Å². The van der Waals surface area contributed by atoms with E-state index in [0.29, 0.717) is 23.4 Å². The first-order chi connectivity index (χ1) is 14.0. The van der Waals surface area contributed by atoms with Gasteiger partial charge in [0.15, 0.2) is 5.13 Å². The van der Waals surface area contributed by atoms with Crippen molar-refractivity contribution in [1.29, 1.82) is 0 Å². The van der Waals surface area contributed by atoms with Crippen molar-refractivity contribution in [3.8, 4) is 0 Å². The third-order valence-electron chi connectivity index (χ3n) is 4.68. The molecule has 0 aliphatic heterocycles. The number of aromatic nitrogens is 1. The minimum Gasteiger partial charge on any atom is -0.351 e. The van der Waals surface area contributed by atoms with Crippen LogP contribution in [0.15, 0.2) is 35.7 Å². The molecule has 2 amide bonds. The number of carbonyl (C=O) groups excluding carboxylic acids is 2. The fourth-order valence-corrected chi connectivity index (χ4v) is 3.93. The number of benzene rings is 1. The highest BCUT2D eigenvalue weighted by atomic mass is 32.1. The second-order valence-electron chi connectivity index (χ2n) is 6.84. The van der Waals surface area contributed by atoms with E-state index in [2.05, 4.69) is 22.1 Å². The molecule has 1 saturated carbocycles. The van der Waals surface area contributed by atoms with Gasteiger partial charge in [-0.3, -0.25) is 19.4 Å². The van der Waals surface area contributed by atoms with E-state index in [1.807, 2.05) is 0 Å². The van der Waals surface area contributed by atoms with E-state index in [9.17, 15) is 14.0 Å². The van der Waals surface area contributed by atoms with Gasteiger partial charge >= 0.3 is 0 Å². The maximum atomic E-state index is 14.1. The molecule has 0 unspecified atom stereocenters. The van der Waals surface area contributed by atoms with Crippen LogP contribution in [0.4, 0.5) is 15.2 Å². The number of halogens is 1. The van der Waals surface area contributed by atoms with Crippen LogP contribution in [0.25, 0.3) is 6.08 Å². The van der Waals surface area contributed by atoms with Gasteiger partial charge in [0.1, 0.15) is 5.82 Å². The maximum Gasteiger partial charge on any atom is 0.244 e. The molecule has 1 aromatic carbocycles. The molecule has 0 radical (unpaired) electrons. The lowest BCUT2D eigenvalue weighted by atomic mass is 10.3. The summed E-state index contributed by atoms with van der Waals surface area (Å²) in [5.74, 6) is -1.03. The summed E-state index contributed by atoms with van der Waals surface area (Å²) in [5.41, 5.74) is 0.690. The minimum absolute atomic E-state index is 0.152. The first-order valence-electron chi connectivity index (χ1n) is 9.70. The Hall–Kier alpha value is -2.58. The van der Waals surface area contributed by atoms with Gasteiger partial charge in [0, 0.05) is 37.5 Å². The van der Waals surface area contributed by atoms with Crippen LogP contribution in [0.3, 0.4) is 0 Å². The summed E-state index contributed by atoms with van der Waals surface area (Å²) in [4.78, 5) is 32.1. The zero-order valence-electron chi connectivity index (χ0n) is 16.6. The highest BCUT2D eigenvalue weighted by Gasteiger charge is 2.27. The highest BCUT2D eigenvalue weighted by Crippen LogP contribution is 2.31. The van der Waals surface area contributed by atoms with E-state index in [-0.39, 0.29) is 17.5 Å². The topological polar surface area (TPSA) is 65.5 Å².